The van der Waals surface area contributed by atoms with E-state index in [0.717, 1.165) is 45.4 Å². The summed E-state index contributed by atoms with van der Waals surface area (Å²) in [6.45, 7) is 6.03. The first-order valence-electron chi connectivity index (χ1n) is 12.4. The Hall–Kier alpha value is -3.71. The number of ether oxygens (including phenoxy) is 4. The van der Waals surface area contributed by atoms with Crippen molar-refractivity contribution in [1.29, 1.82) is 0 Å². The van der Waals surface area contributed by atoms with E-state index >= 15 is 0 Å². The second-order valence-electron chi connectivity index (χ2n) is 9.11. The van der Waals surface area contributed by atoms with Gasteiger partial charge in [0.2, 0.25) is 5.91 Å². The van der Waals surface area contributed by atoms with Crippen molar-refractivity contribution in [3.63, 3.8) is 0 Å². The Morgan fingerprint density at radius 1 is 0.711 bits per heavy atom. The summed E-state index contributed by atoms with van der Waals surface area (Å²) in [5, 5.41) is 2.70. The van der Waals surface area contributed by atoms with Gasteiger partial charge in [-0.1, -0.05) is 12.8 Å². The van der Waals surface area contributed by atoms with Crippen molar-refractivity contribution in [3.8, 4) is 0 Å². The normalized spacial score (nSPS) is 24.4. The zero-order chi connectivity index (χ0) is 28.6. The van der Waals surface area contributed by atoms with Gasteiger partial charge in [0.05, 0.1) is 0 Å². The summed E-state index contributed by atoms with van der Waals surface area (Å²) in [7, 11) is 0. The fourth-order valence-electron chi connectivity index (χ4n) is 4.66. The van der Waals surface area contributed by atoms with Gasteiger partial charge in [-0.05, 0) is 12.8 Å². The Morgan fingerprint density at radius 2 is 1.26 bits per heavy atom. The highest BCUT2D eigenvalue weighted by Gasteiger charge is 2.63. The van der Waals surface area contributed by atoms with Crippen molar-refractivity contribution in [2.45, 2.75) is 90.8 Å². The van der Waals surface area contributed by atoms with Crippen LogP contribution in [0.15, 0.2) is 0 Å². The van der Waals surface area contributed by atoms with E-state index in [9.17, 15) is 33.6 Å². The van der Waals surface area contributed by atoms with Crippen molar-refractivity contribution < 1.29 is 52.5 Å². The lowest BCUT2D eigenvalue weighted by atomic mass is 9.91. The van der Waals surface area contributed by atoms with Crippen molar-refractivity contribution in [3.05, 3.63) is 0 Å². The number of rotatable bonds is 12. The lowest BCUT2D eigenvalue weighted by molar-refractivity contribution is -0.224. The van der Waals surface area contributed by atoms with Crippen LogP contribution in [-0.2, 0) is 52.5 Å². The SMILES string of the molecule is CC(=O)NCCCCCCN1C(=O)C(=O)N2[C@H](COC(C)=O)[C@@H](OC(C)=O)[C@H](OC(C)=O)[C@H](OC(C)=O)[C@@H]12. The fourth-order valence-corrected chi connectivity index (χ4v) is 4.66. The Bertz CT molecular complexity index is 953. The van der Waals surface area contributed by atoms with Crippen molar-refractivity contribution in [1.82, 2.24) is 15.1 Å². The van der Waals surface area contributed by atoms with Gasteiger partial charge in [0.1, 0.15) is 18.8 Å². The molecule has 14 nitrogen and oxygen atoms in total. The summed E-state index contributed by atoms with van der Waals surface area (Å²) in [5.74, 6) is -5.03. The van der Waals surface area contributed by atoms with Crippen LogP contribution in [0.1, 0.15) is 60.3 Å². The van der Waals surface area contributed by atoms with Crippen LogP contribution in [0.4, 0.5) is 0 Å². The molecule has 2 fully saturated rings. The second kappa shape index (κ2) is 13.7. The molecule has 2 saturated heterocycles. The standard InChI is InChI=1S/C24H35N3O11/c1-13(28)25-10-8-6-7-9-11-26-22-21(38-17(5)32)20(37-16(4)31)19(36-15(3)30)18(12-35-14(2)29)27(22)24(34)23(26)33/h18-22H,6-12H2,1-5H3,(H,25,28)/t18-,19-,20+,21+,22+/m1/s1. The number of nitrogens with one attached hydrogen (secondary N) is 1. The van der Waals surface area contributed by atoms with Crippen LogP contribution in [0.5, 0.6) is 0 Å². The highest BCUT2D eigenvalue weighted by molar-refractivity contribution is 6.37. The number of nitrogens with zero attached hydrogens (tertiary/aromatic N) is 2. The summed E-state index contributed by atoms with van der Waals surface area (Å²) in [5.41, 5.74) is 0. The molecule has 0 aromatic rings. The minimum Gasteiger partial charge on any atom is -0.464 e. The van der Waals surface area contributed by atoms with Crippen molar-refractivity contribution in [2.75, 3.05) is 19.7 Å². The van der Waals surface area contributed by atoms with Crippen LogP contribution in [0, 0.1) is 0 Å². The lowest BCUT2D eigenvalue weighted by Crippen LogP contribution is -2.71. The largest absolute Gasteiger partial charge is 0.464 e. The highest BCUT2D eigenvalue weighted by Crippen LogP contribution is 2.37. The zero-order valence-corrected chi connectivity index (χ0v) is 22.2. The predicted molar refractivity (Wildman–Crippen MR) is 127 cm³/mol. The number of hydrogen-bond donors (Lipinski definition) is 1. The summed E-state index contributed by atoms with van der Waals surface area (Å²) >= 11 is 0. The molecule has 2 aliphatic heterocycles. The van der Waals surface area contributed by atoms with Gasteiger partial charge in [0.15, 0.2) is 18.3 Å². The Balaban J connectivity index is 2.40. The number of unbranched alkanes of at least 4 members (excludes halogenated alkanes) is 3. The number of fused-ring (bicyclic) bond motifs is 1. The molecule has 0 unspecified atom stereocenters. The van der Waals surface area contributed by atoms with E-state index in [1.807, 2.05) is 0 Å². The van der Waals surface area contributed by atoms with Gasteiger partial charge in [-0.2, -0.15) is 0 Å². The average molecular weight is 542 g/mol. The number of piperidine rings is 1. The van der Waals surface area contributed by atoms with Crippen molar-refractivity contribution >= 4 is 41.6 Å². The molecule has 2 rings (SSSR count). The van der Waals surface area contributed by atoms with Gasteiger partial charge in [-0.25, -0.2) is 0 Å². The molecule has 0 bridgehead atoms. The molecule has 2 heterocycles. The maximum atomic E-state index is 13.2. The predicted octanol–water partition coefficient (Wildman–Crippen LogP) is -0.580. The molecule has 2 aliphatic rings. The van der Waals surface area contributed by atoms with Crippen LogP contribution in [0.25, 0.3) is 0 Å². The second-order valence-corrected chi connectivity index (χ2v) is 9.11. The number of carbonyl (C=O) groups excluding carboxylic acids is 7. The molecule has 0 saturated carbocycles. The molecule has 0 radical (unpaired) electrons. The average Bonchev–Trinajstić information content (AvgIpc) is 3.04. The third-order valence-corrected chi connectivity index (χ3v) is 6.02. The molecule has 1 N–H and O–H groups in total. The minimum absolute atomic E-state index is 0.106. The minimum atomic E-state index is -1.40. The first-order valence-corrected chi connectivity index (χ1v) is 12.4. The first-order chi connectivity index (χ1) is 17.8. The number of carbonyl (C=O) groups is 7. The lowest BCUT2D eigenvalue weighted by Gasteiger charge is -2.49. The summed E-state index contributed by atoms with van der Waals surface area (Å²) in [6.07, 6.45) is -2.76. The third kappa shape index (κ3) is 7.89. The van der Waals surface area contributed by atoms with E-state index in [4.69, 9.17) is 18.9 Å². The number of esters is 4. The molecule has 0 spiro atoms. The maximum Gasteiger partial charge on any atom is 0.314 e. The van der Waals surface area contributed by atoms with E-state index in [0.29, 0.717) is 19.4 Å². The molecule has 14 heteroatoms. The smallest absolute Gasteiger partial charge is 0.314 e. The quantitative estimate of drug-likeness (QED) is 0.145. The molecular weight excluding hydrogens is 506 g/mol. The summed E-state index contributed by atoms with van der Waals surface area (Å²) in [6, 6.07) is -1.21. The molecule has 5 atom stereocenters. The third-order valence-electron chi connectivity index (χ3n) is 6.02. The molecule has 0 aliphatic carbocycles. The van der Waals surface area contributed by atoms with Crippen LogP contribution in [0.3, 0.4) is 0 Å². The summed E-state index contributed by atoms with van der Waals surface area (Å²) < 4.78 is 21.4. The van der Waals surface area contributed by atoms with Gasteiger partial charge in [-0.15, -0.1) is 0 Å². The molecule has 0 aromatic carbocycles. The van der Waals surface area contributed by atoms with Gasteiger partial charge in [0.25, 0.3) is 0 Å². The molecule has 212 valence electrons. The van der Waals surface area contributed by atoms with E-state index in [1.165, 1.54) is 11.8 Å². The summed E-state index contributed by atoms with van der Waals surface area (Å²) in [4.78, 5) is 87.2. The van der Waals surface area contributed by atoms with Gasteiger partial charge >= 0.3 is 35.7 Å². The molecule has 0 aromatic heterocycles. The van der Waals surface area contributed by atoms with E-state index in [1.54, 1.807) is 0 Å². The van der Waals surface area contributed by atoms with Gasteiger partial charge < -0.3 is 29.2 Å². The number of hydrogen-bond acceptors (Lipinski definition) is 11. The van der Waals surface area contributed by atoms with Crippen LogP contribution in [0.2, 0.25) is 0 Å². The molecule has 38 heavy (non-hydrogen) atoms. The first kappa shape index (κ1) is 30.5. The zero-order valence-electron chi connectivity index (χ0n) is 22.2. The maximum absolute atomic E-state index is 13.2. The van der Waals surface area contributed by atoms with Gasteiger partial charge in [-0.3, -0.25) is 38.5 Å². The highest BCUT2D eigenvalue weighted by atomic mass is 16.6. The monoisotopic (exact) mass is 541 g/mol. The van der Waals surface area contributed by atoms with E-state index in [-0.39, 0.29) is 12.5 Å². The Kier molecular flexibility index (Phi) is 11.0. The van der Waals surface area contributed by atoms with E-state index < -0.39 is 72.8 Å². The topological polar surface area (TPSA) is 175 Å². The Morgan fingerprint density at radius 3 is 1.82 bits per heavy atom. The number of amides is 3. The van der Waals surface area contributed by atoms with E-state index in [2.05, 4.69) is 5.32 Å². The van der Waals surface area contributed by atoms with Crippen LogP contribution >= 0.6 is 0 Å². The van der Waals surface area contributed by atoms with Crippen LogP contribution in [-0.4, -0.2) is 102 Å². The molecule has 3 amide bonds. The van der Waals surface area contributed by atoms with Gasteiger partial charge in [0, 0.05) is 47.7 Å². The van der Waals surface area contributed by atoms with Crippen molar-refractivity contribution in [2.24, 2.45) is 0 Å². The fraction of sp³-hybridized carbons (Fsp3) is 0.708. The Labute approximate surface area is 220 Å². The van der Waals surface area contributed by atoms with Crippen LogP contribution < -0.4 is 5.32 Å². The molecular formula is C24H35N3O11.